The zero-order valence-corrected chi connectivity index (χ0v) is 9.83. The quantitative estimate of drug-likeness (QED) is 0.651. The average Bonchev–Trinajstić information content (AvgIpc) is 2.18. The molecule has 0 aliphatic rings. The summed E-state index contributed by atoms with van der Waals surface area (Å²) in [4.78, 5) is 4.30. The third kappa shape index (κ3) is 3.74. The average molecular weight is 259 g/mol. The van der Waals surface area contributed by atoms with Crippen molar-refractivity contribution in [2.75, 3.05) is 13.7 Å². The van der Waals surface area contributed by atoms with Gasteiger partial charge in [-0.2, -0.15) is 0 Å². The molecule has 0 aliphatic heterocycles. The van der Waals surface area contributed by atoms with Crippen LogP contribution in [0.2, 0.25) is 0 Å². The number of hydrogen-bond acceptors (Lipinski definition) is 3. The molecular formula is C10H15BrN2O. The van der Waals surface area contributed by atoms with Gasteiger partial charge in [0.05, 0.1) is 5.69 Å². The second-order valence-electron chi connectivity index (χ2n) is 3.13. The van der Waals surface area contributed by atoms with Crippen LogP contribution in [0.25, 0.3) is 0 Å². The van der Waals surface area contributed by atoms with Crippen molar-refractivity contribution in [2.24, 2.45) is 5.73 Å². The lowest BCUT2D eigenvalue weighted by atomic mass is 10.1. The Labute approximate surface area is 92.8 Å². The zero-order valence-electron chi connectivity index (χ0n) is 8.24. The summed E-state index contributed by atoms with van der Waals surface area (Å²) in [7, 11) is 1.70. The van der Waals surface area contributed by atoms with E-state index in [4.69, 9.17) is 10.5 Å². The fraction of sp³-hybridized carbons (Fsp3) is 0.500. The van der Waals surface area contributed by atoms with E-state index in [0.717, 1.165) is 29.7 Å². The van der Waals surface area contributed by atoms with Gasteiger partial charge in [-0.3, -0.25) is 0 Å². The van der Waals surface area contributed by atoms with Crippen LogP contribution in [0.3, 0.4) is 0 Å². The predicted octanol–water partition coefficient (Wildman–Crippen LogP) is 2.27. The van der Waals surface area contributed by atoms with Gasteiger partial charge in [-0.15, -0.1) is 0 Å². The van der Waals surface area contributed by atoms with Gasteiger partial charge >= 0.3 is 0 Å². The van der Waals surface area contributed by atoms with Gasteiger partial charge in [0.2, 0.25) is 0 Å². The van der Waals surface area contributed by atoms with Crippen LogP contribution in [-0.4, -0.2) is 18.7 Å². The van der Waals surface area contributed by atoms with E-state index < -0.39 is 0 Å². The van der Waals surface area contributed by atoms with Crippen molar-refractivity contribution in [3.63, 3.8) is 0 Å². The highest BCUT2D eigenvalue weighted by molar-refractivity contribution is 9.10. The van der Waals surface area contributed by atoms with Gasteiger partial charge < -0.3 is 10.5 Å². The molecule has 14 heavy (non-hydrogen) atoms. The van der Waals surface area contributed by atoms with Crippen LogP contribution in [0.15, 0.2) is 22.8 Å². The fourth-order valence-corrected chi connectivity index (χ4v) is 1.58. The van der Waals surface area contributed by atoms with E-state index in [1.165, 1.54) is 0 Å². The Hall–Kier alpha value is -0.450. The number of hydrogen-bond donors (Lipinski definition) is 1. The van der Waals surface area contributed by atoms with Crippen molar-refractivity contribution < 1.29 is 4.74 Å². The summed E-state index contributed by atoms with van der Waals surface area (Å²) < 4.78 is 5.80. The van der Waals surface area contributed by atoms with Crippen molar-refractivity contribution in [1.82, 2.24) is 4.98 Å². The minimum atomic E-state index is 0.00245. The topological polar surface area (TPSA) is 48.1 Å². The molecule has 0 spiro atoms. The summed E-state index contributed by atoms with van der Waals surface area (Å²) in [6.07, 6.45) is 1.86. The number of aromatic nitrogens is 1. The SMILES string of the molecule is COCCC[C@H](N)c1cccc(Br)n1. The summed E-state index contributed by atoms with van der Waals surface area (Å²) in [6.45, 7) is 0.752. The Morgan fingerprint density at radius 1 is 1.57 bits per heavy atom. The smallest absolute Gasteiger partial charge is 0.106 e. The second kappa shape index (κ2) is 6.11. The minimum Gasteiger partial charge on any atom is -0.385 e. The van der Waals surface area contributed by atoms with Crippen molar-refractivity contribution in [1.29, 1.82) is 0 Å². The van der Waals surface area contributed by atoms with E-state index in [1.54, 1.807) is 7.11 Å². The normalized spacial score (nSPS) is 12.8. The van der Waals surface area contributed by atoms with E-state index in [2.05, 4.69) is 20.9 Å². The highest BCUT2D eigenvalue weighted by Gasteiger charge is 2.06. The number of pyridine rings is 1. The number of nitrogens with zero attached hydrogens (tertiary/aromatic N) is 1. The summed E-state index contributed by atoms with van der Waals surface area (Å²) >= 11 is 3.32. The number of rotatable bonds is 5. The van der Waals surface area contributed by atoms with E-state index in [-0.39, 0.29) is 6.04 Å². The number of halogens is 1. The maximum atomic E-state index is 5.97. The third-order valence-corrected chi connectivity index (χ3v) is 2.42. The first-order valence-corrected chi connectivity index (χ1v) is 5.40. The first-order valence-electron chi connectivity index (χ1n) is 4.61. The van der Waals surface area contributed by atoms with Crippen LogP contribution in [0, 0.1) is 0 Å². The Morgan fingerprint density at radius 2 is 2.36 bits per heavy atom. The largest absolute Gasteiger partial charge is 0.385 e. The fourth-order valence-electron chi connectivity index (χ4n) is 1.23. The summed E-state index contributed by atoms with van der Waals surface area (Å²) in [5, 5.41) is 0. The van der Waals surface area contributed by atoms with Gasteiger partial charge in [-0.05, 0) is 40.9 Å². The maximum absolute atomic E-state index is 5.97. The zero-order chi connectivity index (χ0) is 10.4. The Kier molecular flexibility index (Phi) is 5.07. The molecule has 1 rings (SSSR count). The molecule has 2 N–H and O–H groups in total. The Bertz CT molecular complexity index is 281. The molecule has 0 bridgehead atoms. The van der Waals surface area contributed by atoms with E-state index in [9.17, 15) is 0 Å². The van der Waals surface area contributed by atoms with Crippen LogP contribution < -0.4 is 5.73 Å². The van der Waals surface area contributed by atoms with Gasteiger partial charge in [-0.1, -0.05) is 6.07 Å². The maximum Gasteiger partial charge on any atom is 0.106 e. The van der Waals surface area contributed by atoms with Crippen molar-refractivity contribution >= 4 is 15.9 Å². The summed E-state index contributed by atoms with van der Waals surface area (Å²) in [5.74, 6) is 0. The van der Waals surface area contributed by atoms with E-state index >= 15 is 0 Å². The van der Waals surface area contributed by atoms with Gasteiger partial charge in [0.1, 0.15) is 4.60 Å². The highest BCUT2D eigenvalue weighted by Crippen LogP contribution is 2.15. The van der Waals surface area contributed by atoms with Crippen LogP contribution in [0.1, 0.15) is 24.6 Å². The lowest BCUT2D eigenvalue weighted by Crippen LogP contribution is -2.12. The standard InChI is InChI=1S/C10H15BrN2O/c1-14-7-3-4-8(12)9-5-2-6-10(11)13-9/h2,5-6,8H,3-4,7,12H2,1H3/t8-/m0/s1. The Morgan fingerprint density at radius 3 is 3.00 bits per heavy atom. The first-order chi connectivity index (χ1) is 6.74. The van der Waals surface area contributed by atoms with Crippen LogP contribution in [0.4, 0.5) is 0 Å². The number of methoxy groups -OCH3 is 1. The monoisotopic (exact) mass is 258 g/mol. The molecule has 78 valence electrons. The molecule has 4 heteroatoms. The molecule has 0 aromatic carbocycles. The van der Waals surface area contributed by atoms with Crippen LogP contribution >= 0.6 is 15.9 Å². The lowest BCUT2D eigenvalue weighted by Gasteiger charge is -2.10. The molecule has 1 aromatic rings. The molecule has 1 atom stereocenters. The Balaban J connectivity index is 2.47. The second-order valence-corrected chi connectivity index (χ2v) is 3.94. The molecule has 1 aromatic heterocycles. The van der Waals surface area contributed by atoms with Crippen molar-refractivity contribution in [3.8, 4) is 0 Å². The van der Waals surface area contributed by atoms with Crippen LogP contribution in [0.5, 0.6) is 0 Å². The molecular weight excluding hydrogens is 244 g/mol. The molecule has 0 unspecified atom stereocenters. The molecule has 0 radical (unpaired) electrons. The van der Waals surface area contributed by atoms with Crippen LogP contribution in [-0.2, 0) is 4.74 Å². The number of nitrogens with two attached hydrogens (primary N) is 1. The molecule has 0 fully saturated rings. The molecule has 0 saturated heterocycles. The molecule has 3 nitrogen and oxygen atoms in total. The molecule has 0 saturated carbocycles. The molecule has 1 heterocycles. The predicted molar refractivity (Wildman–Crippen MR) is 60.0 cm³/mol. The van der Waals surface area contributed by atoms with E-state index in [0.29, 0.717) is 0 Å². The van der Waals surface area contributed by atoms with Crippen molar-refractivity contribution in [2.45, 2.75) is 18.9 Å². The van der Waals surface area contributed by atoms with Gasteiger partial charge in [0.15, 0.2) is 0 Å². The lowest BCUT2D eigenvalue weighted by molar-refractivity contribution is 0.190. The molecule has 0 aliphatic carbocycles. The number of ether oxygens (including phenoxy) is 1. The van der Waals surface area contributed by atoms with Gasteiger partial charge in [0, 0.05) is 19.8 Å². The summed E-state index contributed by atoms with van der Waals surface area (Å²) in [5.41, 5.74) is 6.89. The van der Waals surface area contributed by atoms with Gasteiger partial charge in [-0.25, -0.2) is 4.98 Å². The summed E-state index contributed by atoms with van der Waals surface area (Å²) in [6, 6.07) is 5.79. The molecule has 0 amide bonds. The van der Waals surface area contributed by atoms with E-state index in [1.807, 2.05) is 18.2 Å². The van der Waals surface area contributed by atoms with Gasteiger partial charge in [0.25, 0.3) is 0 Å². The highest BCUT2D eigenvalue weighted by atomic mass is 79.9. The minimum absolute atomic E-state index is 0.00245. The third-order valence-electron chi connectivity index (χ3n) is 1.98. The first kappa shape index (κ1) is 11.6. The van der Waals surface area contributed by atoms with Crippen molar-refractivity contribution in [3.05, 3.63) is 28.5 Å².